The summed E-state index contributed by atoms with van der Waals surface area (Å²) in [5.74, 6) is -0.0797. The molecule has 2 aliphatic rings. The van der Waals surface area contributed by atoms with Crippen LogP contribution in [-0.4, -0.2) is 60.6 Å². The highest BCUT2D eigenvalue weighted by Crippen LogP contribution is 2.28. The summed E-state index contributed by atoms with van der Waals surface area (Å²) < 4.78 is 8.69. The number of para-hydroxylation sites is 1. The van der Waals surface area contributed by atoms with Gasteiger partial charge < -0.3 is 9.64 Å². The maximum Gasteiger partial charge on any atom is 0.284 e. The van der Waals surface area contributed by atoms with Crippen molar-refractivity contribution in [2.45, 2.75) is 44.4 Å². The Morgan fingerprint density at radius 2 is 2.00 bits per heavy atom. The third-order valence-corrected chi connectivity index (χ3v) is 5.79. The molecule has 1 amide bonds. The van der Waals surface area contributed by atoms with E-state index in [0.29, 0.717) is 18.8 Å². The molecule has 1 aliphatic heterocycles. The van der Waals surface area contributed by atoms with Crippen molar-refractivity contribution in [3.63, 3.8) is 0 Å². The number of rotatable bonds is 3. The van der Waals surface area contributed by atoms with Gasteiger partial charge in [0.05, 0.1) is 24.4 Å². The van der Waals surface area contributed by atoms with Gasteiger partial charge in [0, 0.05) is 6.54 Å². The van der Waals surface area contributed by atoms with Crippen molar-refractivity contribution in [2.24, 2.45) is 0 Å². The van der Waals surface area contributed by atoms with E-state index >= 15 is 0 Å². The molecule has 150 valence electrons. The van der Waals surface area contributed by atoms with Crippen LogP contribution in [-0.2, 0) is 16.1 Å². The first-order chi connectivity index (χ1) is 14.2. The fraction of sp³-hybridized carbons (Fsp3) is 0.450. The maximum atomic E-state index is 13.0. The molecule has 1 saturated heterocycles. The van der Waals surface area contributed by atoms with E-state index in [1.807, 2.05) is 35.2 Å². The number of hydrogen-bond donors (Lipinski definition) is 0. The zero-order valence-electron chi connectivity index (χ0n) is 16.0. The summed E-state index contributed by atoms with van der Waals surface area (Å²) in [5, 5.41) is 8.08. The quantitative estimate of drug-likeness (QED) is 0.661. The van der Waals surface area contributed by atoms with Crippen LogP contribution >= 0.6 is 0 Å². The molecule has 0 radical (unpaired) electrons. The van der Waals surface area contributed by atoms with Crippen molar-refractivity contribution in [1.29, 1.82) is 0 Å². The minimum atomic E-state index is -0.362. The van der Waals surface area contributed by atoms with Gasteiger partial charge in [-0.15, -0.1) is 5.10 Å². The largest absolute Gasteiger partial charge is 0.374 e. The van der Waals surface area contributed by atoms with Crippen LogP contribution in [0, 0.1) is 0 Å². The Morgan fingerprint density at radius 1 is 1.17 bits per heavy atom. The second-order valence-electron chi connectivity index (χ2n) is 7.53. The van der Waals surface area contributed by atoms with Gasteiger partial charge in [-0.2, -0.15) is 4.68 Å². The van der Waals surface area contributed by atoms with Crippen LogP contribution in [0.15, 0.2) is 41.5 Å². The van der Waals surface area contributed by atoms with Gasteiger partial charge in [0.2, 0.25) is 5.91 Å². The third kappa shape index (κ3) is 3.21. The van der Waals surface area contributed by atoms with Crippen LogP contribution in [0.25, 0.3) is 16.9 Å². The molecular weight excluding hydrogens is 372 g/mol. The van der Waals surface area contributed by atoms with Crippen molar-refractivity contribution in [3.05, 3.63) is 47.0 Å². The number of nitrogens with zero attached hydrogens (tertiary/aromatic N) is 6. The van der Waals surface area contributed by atoms with Crippen molar-refractivity contribution >= 4 is 17.1 Å². The number of amides is 1. The van der Waals surface area contributed by atoms with Crippen LogP contribution in [0.2, 0.25) is 0 Å². The molecule has 9 heteroatoms. The van der Waals surface area contributed by atoms with E-state index < -0.39 is 0 Å². The van der Waals surface area contributed by atoms with E-state index in [0.717, 1.165) is 31.4 Å². The monoisotopic (exact) mass is 394 g/mol. The molecule has 0 spiro atoms. The smallest absolute Gasteiger partial charge is 0.284 e. The Bertz CT molecular complexity index is 1090. The highest BCUT2D eigenvalue weighted by Gasteiger charge is 2.36. The first kappa shape index (κ1) is 18.0. The third-order valence-electron chi connectivity index (χ3n) is 5.79. The molecule has 0 bridgehead atoms. The Labute approximate surface area is 166 Å². The average molecular weight is 394 g/mol. The fourth-order valence-electron chi connectivity index (χ4n) is 4.34. The zero-order chi connectivity index (χ0) is 19.8. The van der Waals surface area contributed by atoms with Gasteiger partial charge in [0.15, 0.2) is 11.2 Å². The van der Waals surface area contributed by atoms with Crippen molar-refractivity contribution in [2.75, 3.05) is 13.2 Å². The normalized spacial score (nSPS) is 21.9. The summed E-state index contributed by atoms with van der Waals surface area (Å²) >= 11 is 0. The second kappa shape index (κ2) is 7.40. The summed E-state index contributed by atoms with van der Waals surface area (Å²) in [6.07, 6.45) is 5.71. The van der Waals surface area contributed by atoms with E-state index in [1.54, 1.807) is 0 Å². The first-order valence-electron chi connectivity index (χ1n) is 10.00. The average Bonchev–Trinajstić information content (AvgIpc) is 3.21. The number of carbonyl (C=O) groups excluding carboxylic acids is 1. The standard InChI is InChI=1S/C20H22N6O3/c27-17(25-10-11-29-16-9-5-4-8-15(16)25)12-24-13-21-19-18(20(24)28)22-23-26(19)14-6-2-1-3-7-14/h1-3,6-7,13,15-16H,4-5,8-12H2/t15-,16+/m0/s1. The Balaban J connectivity index is 1.41. The summed E-state index contributed by atoms with van der Waals surface area (Å²) in [5.41, 5.74) is 0.941. The molecule has 3 heterocycles. The van der Waals surface area contributed by atoms with E-state index in [4.69, 9.17) is 4.74 Å². The fourth-order valence-corrected chi connectivity index (χ4v) is 4.34. The number of hydrogen-bond acceptors (Lipinski definition) is 6. The number of carbonyl (C=O) groups is 1. The van der Waals surface area contributed by atoms with Crippen LogP contribution < -0.4 is 5.56 Å². The molecule has 1 saturated carbocycles. The lowest BCUT2D eigenvalue weighted by Gasteiger charge is -2.43. The van der Waals surface area contributed by atoms with E-state index in [9.17, 15) is 9.59 Å². The number of ether oxygens (including phenoxy) is 1. The van der Waals surface area contributed by atoms with E-state index in [1.165, 1.54) is 15.6 Å². The molecule has 29 heavy (non-hydrogen) atoms. The predicted octanol–water partition coefficient (Wildman–Crippen LogP) is 1.15. The van der Waals surface area contributed by atoms with Crippen LogP contribution in [0.4, 0.5) is 0 Å². The molecule has 5 rings (SSSR count). The first-order valence-corrected chi connectivity index (χ1v) is 10.00. The Hall–Kier alpha value is -3.07. The lowest BCUT2D eigenvalue weighted by Crippen LogP contribution is -2.55. The van der Waals surface area contributed by atoms with Gasteiger partial charge in [0.1, 0.15) is 12.9 Å². The highest BCUT2D eigenvalue weighted by atomic mass is 16.5. The number of aromatic nitrogens is 5. The summed E-state index contributed by atoms with van der Waals surface area (Å²) in [7, 11) is 0. The molecule has 2 fully saturated rings. The molecule has 2 aromatic heterocycles. The summed E-state index contributed by atoms with van der Waals surface area (Å²) in [6.45, 7) is 1.06. The minimum absolute atomic E-state index is 0.0524. The molecule has 9 nitrogen and oxygen atoms in total. The van der Waals surface area contributed by atoms with Crippen LogP contribution in [0.3, 0.4) is 0 Å². The lowest BCUT2D eigenvalue weighted by molar-refractivity contribution is -0.150. The van der Waals surface area contributed by atoms with E-state index in [-0.39, 0.29) is 35.7 Å². The number of benzene rings is 1. The number of morpholine rings is 1. The molecule has 0 N–H and O–H groups in total. The van der Waals surface area contributed by atoms with Crippen molar-refractivity contribution in [1.82, 2.24) is 29.4 Å². The molecule has 0 unspecified atom stereocenters. The number of fused-ring (bicyclic) bond motifs is 2. The highest BCUT2D eigenvalue weighted by molar-refractivity contribution is 5.77. The van der Waals surface area contributed by atoms with Gasteiger partial charge in [-0.3, -0.25) is 14.2 Å². The SMILES string of the molecule is O=C(Cn1cnc2c(nnn2-c2ccccc2)c1=O)N1CCO[C@@H]2CCCC[C@@H]21. The second-order valence-corrected chi connectivity index (χ2v) is 7.53. The molecule has 3 aromatic rings. The lowest BCUT2D eigenvalue weighted by atomic mass is 9.90. The van der Waals surface area contributed by atoms with Gasteiger partial charge in [0.25, 0.3) is 5.56 Å². The molecule has 1 aromatic carbocycles. The summed E-state index contributed by atoms with van der Waals surface area (Å²) in [6, 6.07) is 9.49. The summed E-state index contributed by atoms with van der Waals surface area (Å²) in [4.78, 5) is 32.1. The maximum absolute atomic E-state index is 13.0. The Morgan fingerprint density at radius 3 is 2.86 bits per heavy atom. The Kier molecular flexibility index (Phi) is 4.59. The van der Waals surface area contributed by atoms with Crippen LogP contribution in [0.5, 0.6) is 0 Å². The zero-order valence-corrected chi connectivity index (χ0v) is 16.0. The molecule has 2 atom stereocenters. The topological polar surface area (TPSA) is 95.1 Å². The molecule has 1 aliphatic carbocycles. The molecular formula is C20H22N6O3. The predicted molar refractivity (Wildman–Crippen MR) is 105 cm³/mol. The van der Waals surface area contributed by atoms with Crippen molar-refractivity contribution < 1.29 is 9.53 Å². The van der Waals surface area contributed by atoms with Crippen LogP contribution in [0.1, 0.15) is 25.7 Å². The van der Waals surface area contributed by atoms with Gasteiger partial charge >= 0.3 is 0 Å². The van der Waals surface area contributed by atoms with E-state index in [2.05, 4.69) is 15.3 Å². The van der Waals surface area contributed by atoms with Gasteiger partial charge in [-0.05, 0) is 25.0 Å². The van der Waals surface area contributed by atoms with Gasteiger partial charge in [-0.25, -0.2) is 4.98 Å². The minimum Gasteiger partial charge on any atom is -0.374 e. The van der Waals surface area contributed by atoms with Gasteiger partial charge in [-0.1, -0.05) is 36.3 Å². The van der Waals surface area contributed by atoms with Crippen molar-refractivity contribution in [3.8, 4) is 5.69 Å².